The summed E-state index contributed by atoms with van der Waals surface area (Å²) in [7, 11) is 1.54. The standard InChI is InChI=1S/C17H12ClN3O5/c1-25-13-6-8-14(9-7-13)26-16-15(18)10-19-20(17(16)22)11-2-4-12(5-3-11)21(23)24/h2-10H,1H3. The van der Waals surface area contributed by atoms with Crippen LogP contribution in [0.1, 0.15) is 0 Å². The quantitative estimate of drug-likeness (QED) is 0.500. The molecule has 26 heavy (non-hydrogen) atoms. The SMILES string of the molecule is COc1ccc(Oc2c(Cl)cnn(-c3ccc([N+](=O)[O-])cc3)c2=O)cc1. The summed E-state index contributed by atoms with van der Waals surface area (Å²) in [6.45, 7) is 0. The van der Waals surface area contributed by atoms with Crippen molar-refractivity contribution in [3.8, 4) is 22.9 Å². The van der Waals surface area contributed by atoms with Gasteiger partial charge >= 0.3 is 5.56 Å². The number of rotatable bonds is 5. The Labute approximate surface area is 152 Å². The number of non-ortho nitro benzene ring substituents is 1. The number of nitro benzene ring substituents is 1. The number of hydrogen-bond acceptors (Lipinski definition) is 6. The molecule has 0 radical (unpaired) electrons. The Kier molecular flexibility index (Phi) is 4.85. The van der Waals surface area contributed by atoms with Crippen LogP contribution in [-0.2, 0) is 0 Å². The maximum atomic E-state index is 12.7. The molecule has 0 aliphatic rings. The van der Waals surface area contributed by atoms with E-state index in [0.29, 0.717) is 17.2 Å². The van der Waals surface area contributed by atoms with E-state index >= 15 is 0 Å². The minimum Gasteiger partial charge on any atom is -0.497 e. The molecule has 0 atom stereocenters. The Morgan fingerprint density at radius 1 is 1.08 bits per heavy atom. The number of halogens is 1. The van der Waals surface area contributed by atoms with Crippen LogP contribution >= 0.6 is 11.6 Å². The van der Waals surface area contributed by atoms with Crippen molar-refractivity contribution in [2.24, 2.45) is 0 Å². The Hall–Kier alpha value is -3.39. The van der Waals surface area contributed by atoms with Gasteiger partial charge in [0.1, 0.15) is 16.5 Å². The molecule has 0 N–H and O–H groups in total. The van der Waals surface area contributed by atoms with Crippen LogP contribution in [0.3, 0.4) is 0 Å². The number of nitrogens with zero attached hydrogens (tertiary/aromatic N) is 3. The molecule has 0 fully saturated rings. The average molecular weight is 374 g/mol. The van der Waals surface area contributed by atoms with Crippen molar-refractivity contribution in [2.45, 2.75) is 0 Å². The third-order valence-corrected chi connectivity index (χ3v) is 3.74. The Morgan fingerprint density at radius 3 is 2.27 bits per heavy atom. The van der Waals surface area contributed by atoms with E-state index < -0.39 is 10.5 Å². The summed E-state index contributed by atoms with van der Waals surface area (Å²) in [4.78, 5) is 22.9. The van der Waals surface area contributed by atoms with E-state index in [1.807, 2.05) is 0 Å². The lowest BCUT2D eigenvalue weighted by Gasteiger charge is -2.10. The zero-order chi connectivity index (χ0) is 18.7. The lowest BCUT2D eigenvalue weighted by atomic mass is 10.3. The van der Waals surface area contributed by atoms with Crippen molar-refractivity contribution < 1.29 is 14.4 Å². The molecule has 1 aromatic heterocycles. The van der Waals surface area contributed by atoms with Gasteiger partial charge in [-0.2, -0.15) is 9.78 Å². The summed E-state index contributed by atoms with van der Waals surface area (Å²) in [5, 5.41) is 14.7. The summed E-state index contributed by atoms with van der Waals surface area (Å²) in [6, 6.07) is 12.0. The molecule has 0 aliphatic carbocycles. The maximum Gasteiger partial charge on any atom is 0.316 e. The number of benzene rings is 2. The van der Waals surface area contributed by atoms with E-state index in [0.717, 1.165) is 4.68 Å². The smallest absolute Gasteiger partial charge is 0.316 e. The van der Waals surface area contributed by atoms with Crippen molar-refractivity contribution in [3.63, 3.8) is 0 Å². The van der Waals surface area contributed by atoms with Crippen LogP contribution in [0.15, 0.2) is 59.5 Å². The molecular weight excluding hydrogens is 362 g/mol. The molecule has 1 heterocycles. The fourth-order valence-electron chi connectivity index (χ4n) is 2.17. The van der Waals surface area contributed by atoms with Crippen LogP contribution in [0.25, 0.3) is 5.69 Å². The number of methoxy groups -OCH3 is 1. The van der Waals surface area contributed by atoms with Crippen LogP contribution in [0, 0.1) is 10.1 Å². The first-order valence-corrected chi connectivity index (χ1v) is 7.72. The van der Waals surface area contributed by atoms with Gasteiger partial charge in [-0.25, -0.2) is 0 Å². The van der Waals surface area contributed by atoms with Gasteiger partial charge in [-0.05, 0) is 36.4 Å². The average Bonchev–Trinajstić information content (AvgIpc) is 2.66. The van der Waals surface area contributed by atoms with Gasteiger partial charge in [0.25, 0.3) is 5.69 Å². The molecule has 0 unspecified atom stereocenters. The van der Waals surface area contributed by atoms with Gasteiger partial charge in [-0.1, -0.05) is 11.6 Å². The molecule has 0 saturated heterocycles. The maximum absolute atomic E-state index is 12.7. The molecule has 3 rings (SSSR count). The van der Waals surface area contributed by atoms with Crippen molar-refractivity contribution >= 4 is 17.3 Å². The van der Waals surface area contributed by atoms with Gasteiger partial charge < -0.3 is 9.47 Å². The molecule has 0 aliphatic heterocycles. The minimum atomic E-state index is -0.595. The molecule has 9 heteroatoms. The van der Waals surface area contributed by atoms with Crippen molar-refractivity contribution in [1.29, 1.82) is 0 Å². The first-order valence-electron chi connectivity index (χ1n) is 7.34. The van der Waals surface area contributed by atoms with Crippen LogP contribution in [0.5, 0.6) is 17.2 Å². The summed E-state index contributed by atoms with van der Waals surface area (Å²) >= 11 is 6.05. The second-order valence-corrected chi connectivity index (χ2v) is 5.50. The van der Waals surface area contributed by atoms with Crippen molar-refractivity contribution in [2.75, 3.05) is 7.11 Å². The number of nitro groups is 1. The molecule has 132 valence electrons. The number of ether oxygens (including phenoxy) is 2. The fourth-order valence-corrected chi connectivity index (χ4v) is 2.33. The third kappa shape index (κ3) is 3.50. The lowest BCUT2D eigenvalue weighted by molar-refractivity contribution is -0.384. The highest BCUT2D eigenvalue weighted by molar-refractivity contribution is 6.31. The highest BCUT2D eigenvalue weighted by atomic mass is 35.5. The highest BCUT2D eigenvalue weighted by Gasteiger charge is 2.15. The molecule has 2 aromatic carbocycles. The fraction of sp³-hybridized carbons (Fsp3) is 0.0588. The van der Waals surface area contributed by atoms with Gasteiger partial charge in [0.15, 0.2) is 0 Å². The Morgan fingerprint density at radius 2 is 1.69 bits per heavy atom. The van der Waals surface area contributed by atoms with Crippen LogP contribution in [0.4, 0.5) is 5.69 Å². The van der Waals surface area contributed by atoms with E-state index in [-0.39, 0.29) is 16.5 Å². The van der Waals surface area contributed by atoms with E-state index in [9.17, 15) is 14.9 Å². The monoisotopic (exact) mass is 373 g/mol. The molecule has 8 nitrogen and oxygen atoms in total. The highest BCUT2D eigenvalue weighted by Crippen LogP contribution is 2.27. The Balaban J connectivity index is 1.97. The predicted molar refractivity (Wildman–Crippen MR) is 94.6 cm³/mol. The first kappa shape index (κ1) is 17.4. The molecular formula is C17H12ClN3O5. The number of hydrogen-bond donors (Lipinski definition) is 0. The third-order valence-electron chi connectivity index (χ3n) is 3.47. The van der Waals surface area contributed by atoms with Gasteiger partial charge in [-0.3, -0.25) is 14.9 Å². The summed E-state index contributed by atoms with van der Waals surface area (Å²) in [5.74, 6) is 0.929. The lowest BCUT2D eigenvalue weighted by Crippen LogP contribution is -2.22. The van der Waals surface area contributed by atoms with Gasteiger partial charge in [0.05, 0.1) is 23.9 Å². The Bertz CT molecular complexity index is 1000. The summed E-state index contributed by atoms with van der Waals surface area (Å²) in [6.07, 6.45) is 1.27. The first-order chi connectivity index (χ1) is 12.5. The van der Waals surface area contributed by atoms with Crippen molar-refractivity contribution in [3.05, 3.63) is 80.2 Å². The van der Waals surface area contributed by atoms with E-state index in [4.69, 9.17) is 21.1 Å². The van der Waals surface area contributed by atoms with Gasteiger partial charge in [0.2, 0.25) is 5.75 Å². The number of aromatic nitrogens is 2. The molecule has 0 bridgehead atoms. The van der Waals surface area contributed by atoms with Crippen molar-refractivity contribution in [1.82, 2.24) is 9.78 Å². The molecule has 0 saturated carbocycles. The molecule has 0 amide bonds. The van der Waals surface area contributed by atoms with E-state index in [1.165, 1.54) is 30.5 Å². The molecule has 3 aromatic rings. The van der Waals surface area contributed by atoms with Crippen LogP contribution in [0.2, 0.25) is 5.02 Å². The van der Waals surface area contributed by atoms with Gasteiger partial charge in [0, 0.05) is 12.1 Å². The zero-order valence-electron chi connectivity index (χ0n) is 13.5. The molecule has 0 spiro atoms. The van der Waals surface area contributed by atoms with Gasteiger partial charge in [-0.15, -0.1) is 0 Å². The zero-order valence-corrected chi connectivity index (χ0v) is 14.2. The second-order valence-electron chi connectivity index (χ2n) is 5.09. The minimum absolute atomic E-state index is 0.0454. The van der Waals surface area contributed by atoms with Crippen LogP contribution in [-0.4, -0.2) is 21.8 Å². The van der Waals surface area contributed by atoms with Crippen LogP contribution < -0.4 is 15.0 Å². The van der Waals surface area contributed by atoms with E-state index in [1.54, 1.807) is 31.4 Å². The second kappa shape index (κ2) is 7.24. The summed E-state index contributed by atoms with van der Waals surface area (Å²) in [5.41, 5.74) is -0.343. The van der Waals surface area contributed by atoms with E-state index in [2.05, 4.69) is 5.10 Å². The largest absolute Gasteiger partial charge is 0.497 e. The summed E-state index contributed by atoms with van der Waals surface area (Å²) < 4.78 is 11.7. The predicted octanol–water partition coefficient (Wildman–Crippen LogP) is 3.60. The normalized spacial score (nSPS) is 10.4. The topological polar surface area (TPSA) is 96.5 Å².